The summed E-state index contributed by atoms with van der Waals surface area (Å²) in [6.45, 7) is 0.503. The Morgan fingerprint density at radius 3 is 2.57 bits per heavy atom. The van der Waals surface area contributed by atoms with Gasteiger partial charge in [0.2, 0.25) is 10.0 Å². The van der Waals surface area contributed by atoms with Crippen molar-refractivity contribution in [2.24, 2.45) is 0 Å². The Morgan fingerprint density at radius 1 is 1.24 bits per heavy atom. The van der Waals surface area contributed by atoms with Gasteiger partial charge < -0.3 is 10.5 Å². The van der Waals surface area contributed by atoms with E-state index in [4.69, 9.17) is 10.5 Å². The average molecular weight is 326 g/mol. The number of anilines is 1. The molecule has 0 radical (unpaired) electrons. The molecule has 0 fully saturated rings. The summed E-state index contributed by atoms with van der Waals surface area (Å²) in [5.41, 5.74) is 6.22. The quantitative estimate of drug-likeness (QED) is 0.792. The second-order valence-electron chi connectivity index (χ2n) is 4.57. The van der Waals surface area contributed by atoms with Gasteiger partial charge in [-0.3, -0.25) is 0 Å². The number of ether oxygens (including phenoxy) is 1. The van der Waals surface area contributed by atoms with Gasteiger partial charge in [-0.1, -0.05) is 6.07 Å². The summed E-state index contributed by atoms with van der Waals surface area (Å²) in [7, 11) is -1.74. The Kier molecular flexibility index (Phi) is 5.22. The molecular formula is C14H18N2O3S2. The molecule has 0 aliphatic rings. The first kappa shape index (κ1) is 15.8. The minimum absolute atomic E-state index is 0.0563. The van der Waals surface area contributed by atoms with Crippen LogP contribution >= 0.6 is 11.3 Å². The summed E-state index contributed by atoms with van der Waals surface area (Å²) >= 11 is 1.54. The third-order valence-corrected chi connectivity index (χ3v) is 5.55. The molecule has 0 aliphatic heterocycles. The van der Waals surface area contributed by atoms with E-state index in [0.717, 1.165) is 4.88 Å². The molecule has 21 heavy (non-hydrogen) atoms. The van der Waals surface area contributed by atoms with Gasteiger partial charge >= 0.3 is 0 Å². The highest BCUT2D eigenvalue weighted by Gasteiger charge is 2.18. The van der Waals surface area contributed by atoms with Gasteiger partial charge in [0.1, 0.15) is 12.4 Å². The Hall–Kier alpha value is -1.57. The zero-order chi connectivity index (χ0) is 15.3. The van der Waals surface area contributed by atoms with Gasteiger partial charge in [0.25, 0.3) is 0 Å². The lowest BCUT2D eigenvalue weighted by molar-refractivity contribution is 0.336. The number of sulfonamides is 1. The van der Waals surface area contributed by atoms with E-state index in [0.29, 0.717) is 18.0 Å². The first-order valence-corrected chi connectivity index (χ1v) is 8.91. The van der Waals surface area contributed by atoms with Gasteiger partial charge in [-0.2, -0.15) is 4.31 Å². The number of thiophene rings is 1. The first-order valence-electron chi connectivity index (χ1n) is 6.42. The molecule has 0 amide bonds. The highest BCUT2D eigenvalue weighted by Crippen LogP contribution is 2.15. The van der Waals surface area contributed by atoms with Gasteiger partial charge in [0.15, 0.2) is 0 Å². The number of rotatable bonds is 7. The van der Waals surface area contributed by atoms with Crippen LogP contribution in [0.2, 0.25) is 0 Å². The molecular weight excluding hydrogens is 308 g/mol. The zero-order valence-electron chi connectivity index (χ0n) is 11.7. The van der Waals surface area contributed by atoms with E-state index in [1.165, 1.54) is 4.31 Å². The van der Waals surface area contributed by atoms with Gasteiger partial charge in [0.05, 0.1) is 5.75 Å². The standard InChI is InChI=1S/C14H18N2O3S2/c1-16(11-14-3-2-9-20-14)21(17,18)10-8-19-13-6-4-12(15)5-7-13/h2-7,9H,8,10-11,15H2,1H3. The fourth-order valence-corrected chi connectivity index (χ4v) is 3.49. The molecule has 0 unspecified atom stereocenters. The number of hydrogen-bond donors (Lipinski definition) is 1. The van der Waals surface area contributed by atoms with Crippen molar-refractivity contribution in [1.82, 2.24) is 4.31 Å². The van der Waals surface area contributed by atoms with Crippen molar-refractivity contribution in [2.45, 2.75) is 6.54 Å². The maximum atomic E-state index is 12.1. The fourth-order valence-electron chi connectivity index (χ4n) is 1.71. The molecule has 2 aromatic rings. The van der Waals surface area contributed by atoms with Crippen molar-refractivity contribution < 1.29 is 13.2 Å². The topological polar surface area (TPSA) is 72.6 Å². The highest BCUT2D eigenvalue weighted by atomic mass is 32.2. The monoisotopic (exact) mass is 326 g/mol. The maximum absolute atomic E-state index is 12.1. The average Bonchev–Trinajstić information content (AvgIpc) is 2.94. The van der Waals surface area contributed by atoms with Gasteiger partial charge in [0, 0.05) is 24.2 Å². The van der Waals surface area contributed by atoms with Crippen LogP contribution in [0.1, 0.15) is 4.88 Å². The lowest BCUT2D eigenvalue weighted by Crippen LogP contribution is -2.30. The Morgan fingerprint density at radius 2 is 1.95 bits per heavy atom. The lowest BCUT2D eigenvalue weighted by atomic mass is 10.3. The van der Waals surface area contributed by atoms with E-state index < -0.39 is 10.0 Å². The van der Waals surface area contributed by atoms with Crippen LogP contribution in [0.15, 0.2) is 41.8 Å². The molecule has 0 spiro atoms. The van der Waals surface area contributed by atoms with Crippen LogP contribution in [0.25, 0.3) is 0 Å². The predicted octanol–water partition coefficient (Wildman–Crippen LogP) is 2.17. The van der Waals surface area contributed by atoms with Crippen LogP contribution in [-0.4, -0.2) is 32.1 Å². The zero-order valence-corrected chi connectivity index (χ0v) is 13.4. The SMILES string of the molecule is CN(Cc1cccs1)S(=O)(=O)CCOc1ccc(N)cc1. The van der Waals surface area contributed by atoms with E-state index in [-0.39, 0.29) is 12.4 Å². The number of nitrogen functional groups attached to an aromatic ring is 1. The molecule has 1 heterocycles. The van der Waals surface area contributed by atoms with Crippen LogP contribution in [-0.2, 0) is 16.6 Å². The van der Waals surface area contributed by atoms with Crippen molar-refractivity contribution in [1.29, 1.82) is 0 Å². The molecule has 0 saturated heterocycles. The summed E-state index contributed by atoms with van der Waals surface area (Å²) in [6.07, 6.45) is 0. The number of benzene rings is 1. The number of hydrogen-bond acceptors (Lipinski definition) is 5. The van der Waals surface area contributed by atoms with Gasteiger partial charge in [-0.05, 0) is 35.7 Å². The molecule has 2 N–H and O–H groups in total. The summed E-state index contributed by atoms with van der Waals surface area (Å²) in [4.78, 5) is 1.01. The van der Waals surface area contributed by atoms with E-state index in [1.54, 1.807) is 42.6 Å². The second kappa shape index (κ2) is 6.93. The van der Waals surface area contributed by atoms with E-state index >= 15 is 0 Å². The summed E-state index contributed by atoms with van der Waals surface area (Å²) < 4.78 is 31.0. The van der Waals surface area contributed by atoms with Crippen molar-refractivity contribution in [2.75, 3.05) is 25.1 Å². The summed E-state index contributed by atoms with van der Waals surface area (Å²) in [5.74, 6) is 0.555. The minimum atomic E-state index is -3.32. The summed E-state index contributed by atoms with van der Waals surface area (Å²) in [5, 5.41) is 1.93. The van der Waals surface area contributed by atoms with Crippen molar-refractivity contribution in [3.8, 4) is 5.75 Å². The van der Waals surface area contributed by atoms with Crippen molar-refractivity contribution in [3.05, 3.63) is 46.7 Å². The lowest BCUT2D eigenvalue weighted by Gasteiger charge is -2.16. The molecule has 2 rings (SSSR count). The molecule has 1 aromatic carbocycles. The molecule has 0 atom stereocenters. The smallest absolute Gasteiger partial charge is 0.217 e. The van der Waals surface area contributed by atoms with Gasteiger partial charge in [-0.15, -0.1) is 11.3 Å². The van der Waals surface area contributed by atoms with Crippen LogP contribution in [0.5, 0.6) is 5.75 Å². The highest BCUT2D eigenvalue weighted by molar-refractivity contribution is 7.89. The van der Waals surface area contributed by atoms with E-state index in [9.17, 15) is 8.42 Å². The maximum Gasteiger partial charge on any atom is 0.217 e. The largest absolute Gasteiger partial charge is 0.492 e. The van der Waals surface area contributed by atoms with E-state index in [1.807, 2.05) is 17.5 Å². The van der Waals surface area contributed by atoms with Crippen LogP contribution < -0.4 is 10.5 Å². The second-order valence-corrected chi connectivity index (χ2v) is 7.80. The molecule has 0 saturated carbocycles. The first-order chi connectivity index (χ1) is 9.97. The predicted molar refractivity (Wildman–Crippen MR) is 85.9 cm³/mol. The molecule has 114 valence electrons. The molecule has 1 aromatic heterocycles. The third kappa shape index (κ3) is 4.73. The van der Waals surface area contributed by atoms with Crippen LogP contribution in [0.3, 0.4) is 0 Å². The normalized spacial score (nSPS) is 11.7. The Labute approximate surface area is 129 Å². The molecule has 0 bridgehead atoms. The van der Waals surface area contributed by atoms with E-state index in [2.05, 4.69) is 0 Å². The Balaban J connectivity index is 1.84. The summed E-state index contributed by atoms with van der Waals surface area (Å²) in [6, 6.07) is 10.7. The minimum Gasteiger partial charge on any atom is -0.492 e. The van der Waals surface area contributed by atoms with Crippen LogP contribution in [0, 0.1) is 0 Å². The van der Waals surface area contributed by atoms with Crippen LogP contribution in [0.4, 0.5) is 5.69 Å². The number of nitrogens with zero attached hydrogens (tertiary/aromatic N) is 1. The molecule has 5 nitrogen and oxygen atoms in total. The number of nitrogens with two attached hydrogens (primary N) is 1. The fraction of sp³-hybridized carbons (Fsp3) is 0.286. The Bertz CT molecular complexity index is 652. The van der Waals surface area contributed by atoms with Crippen molar-refractivity contribution in [3.63, 3.8) is 0 Å². The van der Waals surface area contributed by atoms with Gasteiger partial charge in [-0.25, -0.2) is 8.42 Å². The van der Waals surface area contributed by atoms with Crippen molar-refractivity contribution >= 4 is 27.0 Å². The molecule has 7 heteroatoms. The third-order valence-electron chi connectivity index (χ3n) is 2.92. The molecule has 0 aliphatic carbocycles.